The number of benzene rings is 3. The lowest BCUT2D eigenvalue weighted by atomic mass is 9.99. The first-order valence-corrected chi connectivity index (χ1v) is 17.3. The standard InChI is InChI=1S/C39H42N6O6/c46-36(40-25-27-16-19-50-20-17-27)34-23-28-9-4-11-30(21-28)51-31-12-5-10-29(22-31)24-35(44-38(48)33-13-6-18-41-45-33)39(49)42-32(37(47)43-34)15-14-26-7-2-1-3-8-26/h1-13,18,21-22,27,32,34-35H,14-17,19-20,23-25H2,(H,40,46)(H,42,49)(H,43,47)(H,44,48)/t32-,34-,35-/m0/s1. The number of aryl methyl sites for hydroxylation is 1. The molecule has 1 saturated heterocycles. The van der Waals surface area contributed by atoms with E-state index in [4.69, 9.17) is 9.47 Å². The molecule has 6 rings (SSSR count). The fourth-order valence-electron chi connectivity index (χ4n) is 6.24. The summed E-state index contributed by atoms with van der Waals surface area (Å²) in [5, 5.41) is 19.4. The van der Waals surface area contributed by atoms with Gasteiger partial charge in [-0.05, 0) is 84.7 Å². The molecule has 2 aliphatic rings. The second-order valence-electron chi connectivity index (χ2n) is 12.9. The molecule has 4 amide bonds. The molecule has 3 heterocycles. The van der Waals surface area contributed by atoms with Gasteiger partial charge in [-0.3, -0.25) is 19.2 Å². The molecule has 0 unspecified atom stereocenters. The lowest BCUT2D eigenvalue weighted by molar-refractivity contribution is -0.132. The van der Waals surface area contributed by atoms with Crippen molar-refractivity contribution >= 4 is 23.6 Å². The molecule has 3 aromatic carbocycles. The Bertz CT molecular complexity index is 1800. The Hall–Kier alpha value is -5.62. The molecule has 0 aliphatic carbocycles. The fraction of sp³-hybridized carbons (Fsp3) is 0.333. The smallest absolute Gasteiger partial charge is 0.272 e. The van der Waals surface area contributed by atoms with Crippen molar-refractivity contribution in [3.05, 3.63) is 120 Å². The second kappa shape index (κ2) is 17.3. The Morgan fingerprint density at radius 1 is 0.804 bits per heavy atom. The van der Waals surface area contributed by atoms with Crippen molar-refractivity contribution in [1.29, 1.82) is 0 Å². The monoisotopic (exact) mass is 690 g/mol. The summed E-state index contributed by atoms with van der Waals surface area (Å²) in [4.78, 5) is 55.3. The number of nitrogens with one attached hydrogen (secondary N) is 4. The summed E-state index contributed by atoms with van der Waals surface area (Å²) in [5.41, 5.74) is 2.54. The van der Waals surface area contributed by atoms with E-state index in [-0.39, 0.29) is 36.8 Å². The topological polar surface area (TPSA) is 161 Å². The van der Waals surface area contributed by atoms with Gasteiger partial charge >= 0.3 is 0 Å². The van der Waals surface area contributed by atoms with Crippen molar-refractivity contribution in [3.8, 4) is 11.5 Å². The summed E-state index contributed by atoms with van der Waals surface area (Å²) in [6.45, 7) is 1.77. The third-order valence-corrected chi connectivity index (χ3v) is 9.08. The van der Waals surface area contributed by atoms with Crippen LogP contribution in [0, 0.1) is 5.92 Å². The Morgan fingerprint density at radius 2 is 1.53 bits per heavy atom. The van der Waals surface area contributed by atoms with Gasteiger partial charge in [0.15, 0.2) is 5.69 Å². The van der Waals surface area contributed by atoms with Gasteiger partial charge in [0.2, 0.25) is 17.7 Å². The van der Waals surface area contributed by atoms with E-state index in [1.165, 1.54) is 12.3 Å². The summed E-state index contributed by atoms with van der Waals surface area (Å²) in [6.07, 6.45) is 4.17. The highest BCUT2D eigenvalue weighted by molar-refractivity contribution is 5.97. The maximum Gasteiger partial charge on any atom is 0.272 e. The number of carbonyl (C=O) groups is 4. The number of fused-ring (bicyclic) bond motifs is 4. The van der Waals surface area contributed by atoms with Gasteiger partial charge in [0, 0.05) is 38.8 Å². The maximum atomic E-state index is 14.2. The molecule has 4 bridgehead atoms. The Morgan fingerprint density at radius 3 is 2.24 bits per heavy atom. The number of aromatic nitrogens is 2. The minimum atomic E-state index is -1.09. The Kier molecular flexibility index (Phi) is 12.0. The third kappa shape index (κ3) is 10.2. The van der Waals surface area contributed by atoms with Gasteiger partial charge < -0.3 is 30.7 Å². The maximum absolute atomic E-state index is 14.2. The van der Waals surface area contributed by atoms with Crippen LogP contribution in [0.15, 0.2) is 97.2 Å². The summed E-state index contributed by atoms with van der Waals surface area (Å²) in [6, 6.07) is 24.3. The molecule has 12 heteroatoms. The Labute approximate surface area is 296 Å². The van der Waals surface area contributed by atoms with Crippen molar-refractivity contribution in [1.82, 2.24) is 31.5 Å². The van der Waals surface area contributed by atoms with E-state index in [0.29, 0.717) is 37.7 Å². The molecule has 3 atom stereocenters. The van der Waals surface area contributed by atoms with Crippen molar-refractivity contribution in [3.63, 3.8) is 0 Å². The van der Waals surface area contributed by atoms with Gasteiger partial charge in [0.25, 0.3) is 5.91 Å². The predicted molar refractivity (Wildman–Crippen MR) is 189 cm³/mol. The largest absolute Gasteiger partial charge is 0.457 e. The number of hydrogen-bond acceptors (Lipinski definition) is 8. The van der Waals surface area contributed by atoms with E-state index in [0.717, 1.165) is 29.5 Å². The molecule has 4 N–H and O–H groups in total. The second-order valence-corrected chi connectivity index (χ2v) is 12.9. The highest BCUT2D eigenvalue weighted by atomic mass is 16.5. The van der Waals surface area contributed by atoms with E-state index in [9.17, 15) is 19.2 Å². The zero-order valence-electron chi connectivity index (χ0n) is 28.3. The van der Waals surface area contributed by atoms with E-state index in [2.05, 4.69) is 31.5 Å². The fourth-order valence-corrected chi connectivity index (χ4v) is 6.24. The Balaban J connectivity index is 1.32. The molecule has 1 fully saturated rings. The molecule has 2 aliphatic heterocycles. The normalized spacial score (nSPS) is 19.9. The van der Waals surface area contributed by atoms with Crippen molar-refractivity contribution in [2.45, 2.75) is 56.7 Å². The molecule has 0 saturated carbocycles. The van der Waals surface area contributed by atoms with Crippen LogP contribution < -0.4 is 26.0 Å². The quantitative estimate of drug-likeness (QED) is 0.219. The van der Waals surface area contributed by atoms with Crippen LogP contribution in [-0.2, 0) is 38.4 Å². The molecular weight excluding hydrogens is 648 g/mol. The van der Waals surface area contributed by atoms with E-state index in [1.54, 1.807) is 18.2 Å². The average molecular weight is 691 g/mol. The third-order valence-electron chi connectivity index (χ3n) is 9.08. The molecular formula is C39H42N6O6. The van der Waals surface area contributed by atoms with Crippen LogP contribution in [0.25, 0.3) is 0 Å². The van der Waals surface area contributed by atoms with Gasteiger partial charge in [-0.25, -0.2) is 0 Å². The number of carbonyl (C=O) groups excluding carboxylic acids is 4. The molecule has 264 valence electrons. The average Bonchev–Trinajstić information content (AvgIpc) is 3.16. The predicted octanol–water partition coefficient (Wildman–Crippen LogP) is 3.31. The summed E-state index contributed by atoms with van der Waals surface area (Å²) >= 11 is 0. The lowest BCUT2D eigenvalue weighted by Crippen LogP contribution is -2.57. The van der Waals surface area contributed by atoms with Crippen LogP contribution in [0.3, 0.4) is 0 Å². The van der Waals surface area contributed by atoms with Crippen LogP contribution in [0.2, 0.25) is 0 Å². The molecule has 0 spiro atoms. The minimum Gasteiger partial charge on any atom is -0.457 e. The van der Waals surface area contributed by atoms with Crippen LogP contribution in [0.1, 0.15) is 46.4 Å². The number of amides is 4. The van der Waals surface area contributed by atoms with Crippen LogP contribution in [0.5, 0.6) is 11.5 Å². The van der Waals surface area contributed by atoms with Crippen molar-refractivity contribution in [2.75, 3.05) is 19.8 Å². The number of rotatable bonds is 8. The van der Waals surface area contributed by atoms with Crippen molar-refractivity contribution in [2.24, 2.45) is 5.92 Å². The van der Waals surface area contributed by atoms with Gasteiger partial charge in [-0.2, -0.15) is 5.10 Å². The van der Waals surface area contributed by atoms with Crippen LogP contribution >= 0.6 is 0 Å². The minimum absolute atomic E-state index is 0.0439. The summed E-state index contributed by atoms with van der Waals surface area (Å²) < 4.78 is 11.7. The highest BCUT2D eigenvalue weighted by Gasteiger charge is 2.31. The highest BCUT2D eigenvalue weighted by Crippen LogP contribution is 2.25. The molecule has 51 heavy (non-hydrogen) atoms. The van der Waals surface area contributed by atoms with Gasteiger partial charge in [0.1, 0.15) is 29.6 Å². The van der Waals surface area contributed by atoms with E-state index >= 15 is 0 Å². The van der Waals surface area contributed by atoms with E-state index in [1.807, 2.05) is 66.7 Å². The SMILES string of the molecule is O=C(N[C@H]1Cc2cccc(c2)Oc2cccc(c2)C[C@@H](C(=O)NCC2CCOCC2)NC(=O)[C@H](CCc2ccccc2)NC1=O)c1cccnn1. The molecule has 4 aromatic rings. The zero-order valence-corrected chi connectivity index (χ0v) is 28.3. The van der Waals surface area contributed by atoms with Gasteiger partial charge in [-0.1, -0.05) is 54.6 Å². The zero-order chi connectivity index (χ0) is 35.4. The first-order valence-electron chi connectivity index (χ1n) is 17.3. The molecule has 0 radical (unpaired) electrons. The first kappa shape index (κ1) is 35.2. The molecule has 12 nitrogen and oxygen atoms in total. The first-order chi connectivity index (χ1) is 24.9. The van der Waals surface area contributed by atoms with Crippen LogP contribution in [-0.4, -0.2) is 71.7 Å². The van der Waals surface area contributed by atoms with E-state index < -0.39 is 35.8 Å². The van der Waals surface area contributed by atoms with Crippen LogP contribution in [0.4, 0.5) is 0 Å². The van der Waals surface area contributed by atoms with Gasteiger partial charge in [-0.15, -0.1) is 5.10 Å². The summed E-state index contributed by atoms with van der Waals surface area (Å²) in [5.74, 6) is -0.614. The summed E-state index contributed by atoms with van der Waals surface area (Å²) in [7, 11) is 0. The van der Waals surface area contributed by atoms with Gasteiger partial charge in [0.05, 0.1) is 0 Å². The lowest BCUT2D eigenvalue weighted by Gasteiger charge is -2.27. The number of ether oxygens (including phenoxy) is 2. The van der Waals surface area contributed by atoms with Crippen molar-refractivity contribution < 1.29 is 28.7 Å². The number of nitrogens with zero attached hydrogens (tertiary/aromatic N) is 2. The number of hydrogen-bond donors (Lipinski definition) is 4. The molecule has 1 aromatic heterocycles.